The summed E-state index contributed by atoms with van der Waals surface area (Å²) in [4.78, 5) is 16.7. The fraction of sp³-hybridized carbons (Fsp3) is 0.588. The molecule has 2 N–H and O–H groups in total. The maximum Gasteiger partial charge on any atom is 0.319 e. The molecule has 1 saturated heterocycles. The molecule has 22 heavy (non-hydrogen) atoms. The lowest BCUT2D eigenvalue weighted by Gasteiger charge is -2.34. The Hall–Kier alpha value is -1.75. The predicted octanol–water partition coefficient (Wildman–Crippen LogP) is 2.50. The molecule has 2 aliphatic rings. The van der Waals surface area contributed by atoms with Gasteiger partial charge in [0.1, 0.15) is 0 Å². The van der Waals surface area contributed by atoms with Crippen molar-refractivity contribution in [2.45, 2.75) is 31.7 Å². The molecule has 1 aromatic carbocycles. The summed E-state index contributed by atoms with van der Waals surface area (Å²) < 4.78 is 0. The normalized spacial score (nSPS) is 20.1. The van der Waals surface area contributed by atoms with Gasteiger partial charge in [-0.2, -0.15) is 0 Å². The Bertz CT molecular complexity index is 488. The van der Waals surface area contributed by atoms with Crippen molar-refractivity contribution in [3.63, 3.8) is 0 Å². The highest BCUT2D eigenvalue weighted by Gasteiger charge is 2.17. The van der Waals surface area contributed by atoms with Crippen molar-refractivity contribution >= 4 is 17.4 Å². The van der Waals surface area contributed by atoms with E-state index in [0.29, 0.717) is 6.04 Å². The van der Waals surface area contributed by atoms with Gasteiger partial charge < -0.3 is 20.4 Å². The Morgan fingerprint density at radius 3 is 2.32 bits per heavy atom. The third-order valence-corrected chi connectivity index (χ3v) is 4.68. The largest absolute Gasteiger partial charge is 0.369 e. The van der Waals surface area contributed by atoms with Crippen LogP contribution in [0.5, 0.6) is 0 Å². The summed E-state index contributed by atoms with van der Waals surface area (Å²) in [6, 6.07) is 8.43. The van der Waals surface area contributed by atoms with Gasteiger partial charge in [0.2, 0.25) is 0 Å². The molecule has 0 atom stereocenters. The van der Waals surface area contributed by atoms with E-state index < -0.39 is 0 Å². The van der Waals surface area contributed by atoms with Crippen molar-refractivity contribution in [3.05, 3.63) is 24.3 Å². The number of nitrogens with one attached hydrogen (secondary N) is 2. The highest BCUT2D eigenvalue weighted by Crippen LogP contribution is 2.20. The number of piperazine rings is 1. The van der Waals surface area contributed by atoms with Gasteiger partial charge in [-0.1, -0.05) is 12.8 Å². The molecule has 0 spiro atoms. The first-order chi connectivity index (χ1) is 10.7. The first-order valence-electron chi connectivity index (χ1n) is 8.32. The van der Waals surface area contributed by atoms with E-state index in [1.54, 1.807) is 0 Å². The number of hydrogen-bond donors (Lipinski definition) is 2. The summed E-state index contributed by atoms with van der Waals surface area (Å²) in [7, 11) is 2.16. The quantitative estimate of drug-likeness (QED) is 0.902. The number of amides is 2. The SMILES string of the molecule is CN1CCN(c2ccc(NC(=O)NC3CCCC3)cc2)CC1. The van der Waals surface area contributed by atoms with Crippen LogP contribution in [0.1, 0.15) is 25.7 Å². The van der Waals surface area contributed by atoms with E-state index in [-0.39, 0.29) is 6.03 Å². The number of carbonyl (C=O) groups is 1. The Kier molecular flexibility index (Phi) is 4.83. The van der Waals surface area contributed by atoms with Crippen LogP contribution in [0.2, 0.25) is 0 Å². The second kappa shape index (κ2) is 7.01. The number of carbonyl (C=O) groups excluding carboxylic acids is 1. The molecule has 0 aromatic heterocycles. The first-order valence-corrected chi connectivity index (χ1v) is 8.32. The van der Waals surface area contributed by atoms with Crippen molar-refractivity contribution in [3.8, 4) is 0 Å². The molecule has 2 fully saturated rings. The van der Waals surface area contributed by atoms with E-state index >= 15 is 0 Å². The summed E-state index contributed by atoms with van der Waals surface area (Å²) in [6.45, 7) is 4.32. The van der Waals surface area contributed by atoms with Crippen LogP contribution in [0.3, 0.4) is 0 Å². The molecule has 1 saturated carbocycles. The molecule has 1 aliphatic carbocycles. The Balaban J connectivity index is 1.51. The van der Waals surface area contributed by atoms with Crippen LogP contribution in [0.25, 0.3) is 0 Å². The first kappa shape index (κ1) is 15.2. The number of benzene rings is 1. The molecule has 1 aliphatic heterocycles. The van der Waals surface area contributed by atoms with Crippen LogP contribution < -0.4 is 15.5 Å². The zero-order valence-corrected chi connectivity index (χ0v) is 13.3. The topological polar surface area (TPSA) is 47.6 Å². The highest BCUT2D eigenvalue weighted by molar-refractivity contribution is 5.89. The van der Waals surface area contributed by atoms with E-state index in [2.05, 4.69) is 39.6 Å². The molecule has 3 rings (SSSR count). The number of likely N-dealkylation sites (N-methyl/N-ethyl adjacent to an activating group) is 1. The standard InChI is InChI=1S/C17H26N4O/c1-20-10-12-21(13-11-20)16-8-6-15(7-9-16)19-17(22)18-14-4-2-3-5-14/h6-9,14H,2-5,10-13H2,1H3,(H2,18,19,22). The fourth-order valence-corrected chi connectivity index (χ4v) is 3.24. The molecule has 0 radical (unpaired) electrons. The Morgan fingerprint density at radius 2 is 1.68 bits per heavy atom. The number of nitrogens with zero attached hydrogens (tertiary/aromatic N) is 2. The van der Waals surface area contributed by atoms with Gasteiger partial charge in [-0.25, -0.2) is 4.79 Å². The molecule has 1 heterocycles. The zero-order chi connectivity index (χ0) is 15.4. The minimum Gasteiger partial charge on any atom is -0.369 e. The van der Waals surface area contributed by atoms with Gasteiger partial charge in [0, 0.05) is 43.6 Å². The van der Waals surface area contributed by atoms with Gasteiger partial charge in [-0.3, -0.25) is 0 Å². The predicted molar refractivity (Wildman–Crippen MR) is 90.6 cm³/mol. The molecular weight excluding hydrogens is 276 g/mol. The van der Waals surface area contributed by atoms with Gasteiger partial charge in [-0.05, 0) is 44.2 Å². The fourth-order valence-electron chi connectivity index (χ4n) is 3.24. The van der Waals surface area contributed by atoms with Crippen molar-refractivity contribution in [1.29, 1.82) is 0 Å². The van der Waals surface area contributed by atoms with Crippen molar-refractivity contribution < 1.29 is 4.79 Å². The van der Waals surface area contributed by atoms with Gasteiger partial charge >= 0.3 is 6.03 Å². The number of rotatable bonds is 3. The van der Waals surface area contributed by atoms with E-state index in [9.17, 15) is 4.79 Å². The van der Waals surface area contributed by atoms with Gasteiger partial charge in [0.15, 0.2) is 0 Å². The second-order valence-corrected chi connectivity index (χ2v) is 6.42. The molecule has 1 aromatic rings. The lowest BCUT2D eigenvalue weighted by atomic mass is 10.2. The van der Waals surface area contributed by atoms with Gasteiger partial charge in [-0.15, -0.1) is 0 Å². The molecule has 5 heteroatoms. The average molecular weight is 302 g/mol. The highest BCUT2D eigenvalue weighted by atomic mass is 16.2. The lowest BCUT2D eigenvalue weighted by Crippen LogP contribution is -2.44. The summed E-state index contributed by atoms with van der Waals surface area (Å²) >= 11 is 0. The Morgan fingerprint density at radius 1 is 1.05 bits per heavy atom. The number of hydrogen-bond acceptors (Lipinski definition) is 3. The molecular formula is C17H26N4O. The van der Waals surface area contributed by atoms with E-state index in [0.717, 1.165) is 44.7 Å². The van der Waals surface area contributed by atoms with Crippen molar-refractivity contribution in [2.24, 2.45) is 0 Å². The van der Waals surface area contributed by atoms with Crippen molar-refractivity contribution in [1.82, 2.24) is 10.2 Å². The van der Waals surface area contributed by atoms with Gasteiger partial charge in [0.25, 0.3) is 0 Å². The van der Waals surface area contributed by atoms with Crippen molar-refractivity contribution in [2.75, 3.05) is 43.4 Å². The minimum atomic E-state index is -0.0840. The monoisotopic (exact) mass is 302 g/mol. The molecule has 0 unspecified atom stereocenters. The summed E-state index contributed by atoms with van der Waals surface area (Å²) in [5.41, 5.74) is 2.09. The average Bonchev–Trinajstić information content (AvgIpc) is 3.02. The zero-order valence-electron chi connectivity index (χ0n) is 13.3. The van der Waals surface area contributed by atoms with Crippen LogP contribution in [-0.2, 0) is 0 Å². The number of urea groups is 1. The van der Waals surface area contributed by atoms with Crippen LogP contribution in [0.15, 0.2) is 24.3 Å². The molecule has 120 valence electrons. The third-order valence-electron chi connectivity index (χ3n) is 4.68. The van der Waals surface area contributed by atoms with E-state index in [1.807, 2.05) is 12.1 Å². The third kappa shape index (κ3) is 3.91. The van der Waals surface area contributed by atoms with Crippen LogP contribution in [-0.4, -0.2) is 50.2 Å². The van der Waals surface area contributed by atoms with E-state index in [4.69, 9.17) is 0 Å². The number of anilines is 2. The molecule has 5 nitrogen and oxygen atoms in total. The van der Waals surface area contributed by atoms with Crippen LogP contribution in [0, 0.1) is 0 Å². The second-order valence-electron chi connectivity index (χ2n) is 6.42. The van der Waals surface area contributed by atoms with Gasteiger partial charge in [0.05, 0.1) is 0 Å². The minimum absolute atomic E-state index is 0.0840. The van der Waals surface area contributed by atoms with Crippen LogP contribution >= 0.6 is 0 Å². The summed E-state index contributed by atoms with van der Waals surface area (Å²) in [5, 5.41) is 5.97. The lowest BCUT2D eigenvalue weighted by molar-refractivity contribution is 0.248. The van der Waals surface area contributed by atoms with Crippen LogP contribution in [0.4, 0.5) is 16.2 Å². The maximum atomic E-state index is 12.0. The molecule has 0 bridgehead atoms. The maximum absolute atomic E-state index is 12.0. The summed E-state index contributed by atoms with van der Waals surface area (Å²) in [5.74, 6) is 0. The summed E-state index contributed by atoms with van der Waals surface area (Å²) in [6.07, 6.45) is 4.67. The van der Waals surface area contributed by atoms with E-state index in [1.165, 1.54) is 18.5 Å². The molecule has 2 amide bonds. The Labute approximate surface area is 132 Å². The smallest absolute Gasteiger partial charge is 0.319 e.